The van der Waals surface area contributed by atoms with Crippen LogP contribution >= 0.6 is 0 Å². The minimum Gasteiger partial charge on any atom is -0.391 e. The summed E-state index contributed by atoms with van der Waals surface area (Å²) >= 11 is 0. The van der Waals surface area contributed by atoms with Crippen LogP contribution < -0.4 is 5.32 Å². The van der Waals surface area contributed by atoms with Gasteiger partial charge in [0, 0.05) is 13.6 Å². The Bertz CT molecular complexity index is 449. The summed E-state index contributed by atoms with van der Waals surface area (Å²) in [5.41, 5.74) is 0.312. The van der Waals surface area contributed by atoms with Gasteiger partial charge in [0.2, 0.25) is 0 Å². The number of hydrogen-bond acceptors (Lipinski definition) is 5. The molecule has 1 aliphatic carbocycles. The fourth-order valence-corrected chi connectivity index (χ4v) is 2.59. The molecular formula is C14H22N4O2. The molecule has 0 saturated heterocycles. The van der Waals surface area contributed by atoms with Crippen molar-refractivity contribution in [3.8, 4) is 0 Å². The lowest BCUT2D eigenvalue weighted by molar-refractivity contribution is 0.0264. The Hall–Kier alpha value is -1.69. The third kappa shape index (κ3) is 3.25. The highest BCUT2D eigenvalue weighted by molar-refractivity contribution is 5.92. The first-order chi connectivity index (χ1) is 9.63. The molecule has 0 aromatic carbocycles. The number of likely N-dealkylation sites (N-methyl/N-ethyl adjacent to an activating group) is 1. The Morgan fingerprint density at radius 1 is 1.40 bits per heavy atom. The maximum atomic E-state index is 12.4. The first kappa shape index (κ1) is 14.7. The Kier molecular flexibility index (Phi) is 4.89. The van der Waals surface area contributed by atoms with Crippen molar-refractivity contribution >= 4 is 11.7 Å². The Morgan fingerprint density at radius 3 is 2.75 bits per heavy atom. The van der Waals surface area contributed by atoms with Crippen LogP contribution in [0.5, 0.6) is 0 Å². The van der Waals surface area contributed by atoms with Crippen molar-refractivity contribution in [1.82, 2.24) is 14.9 Å². The molecule has 2 rings (SSSR count). The zero-order valence-corrected chi connectivity index (χ0v) is 12.0. The van der Waals surface area contributed by atoms with Gasteiger partial charge in [-0.05, 0) is 19.8 Å². The summed E-state index contributed by atoms with van der Waals surface area (Å²) < 4.78 is 0. The normalized spacial score (nSPS) is 22.4. The van der Waals surface area contributed by atoms with Gasteiger partial charge in [0.1, 0.15) is 11.5 Å². The largest absolute Gasteiger partial charge is 0.391 e. The van der Waals surface area contributed by atoms with Gasteiger partial charge < -0.3 is 15.3 Å². The van der Waals surface area contributed by atoms with Crippen LogP contribution in [0.25, 0.3) is 0 Å². The van der Waals surface area contributed by atoms with Crippen molar-refractivity contribution in [1.29, 1.82) is 0 Å². The minimum absolute atomic E-state index is 0.119. The Balaban J connectivity index is 2.05. The van der Waals surface area contributed by atoms with Gasteiger partial charge in [0.05, 0.1) is 24.5 Å². The first-order valence-corrected chi connectivity index (χ1v) is 7.14. The van der Waals surface area contributed by atoms with Gasteiger partial charge >= 0.3 is 0 Å². The highest BCUT2D eigenvalue weighted by Crippen LogP contribution is 2.23. The van der Waals surface area contributed by atoms with E-state index in [1.807, 2.05) is 6.92 Å². The van der Waals surface area contributed by atoms with E-state index >= 15 is 0 Å². The molecule has 1 heterocycles. The number of nitrogens with one attached hydrogen (secondary N) is 1. The third-order valence-corrected chi connectivity index (χ3v) is 3.74. The van der Waals surface area contributed by atoms with Gasteiger partial charge in [0.15, 0.2) is 0 Å². The lowest BCUT2D eigenvalue weighted by Crippen LogP contribution is -2.46. The molecule has 1 fully saturated rings. The van der Waals surface area contributed by atoms with E-state index in [9.17, 15) is 9.90 Å². The molecule has 0 aliphatic heterocycles. The molecule has 2 N–H and O–H groups in total. The highest BCUT2D eigenvalue weighted by atomic mass is 16.3. The number of hydrogen-bond donors (Lipinski definition) is 2. The van der Waals surface area contributed by atoms with Crippen molar-refractivity contribution in [2.24, 2.45) is 0 Å². The Morgan fingerprint density at radius 2 is 2.15 bits per heavy atom. The van der Waals surface area contributed by atoms with Gasteiger partial charge in [-0.1, -0.05) is 12.8 Å². The average molecular weight is 278 g/mol. The van der Waals surface area contributed by atoms with Crippen LogP contribution in [0.15, 0.2) is 12.4 Å². The van der Waals surface area contributed by atoms with Crippen molar-refractivity contribution in [3.05, 3.63) is 18.1 Å². The number of aromatic nitrogens is 2. The monoisotopic (exact) mass is 278 g/mol. The van der Waals surface area contributed by atoms with Crippen LogP contribution in [0.1, 0.15) is 43.1 Å². The van der Waals surface area contributed by atoms with Gasteiger partial charge in [-0.3, -0.25) is 4.79 Å². The van der Waals surface area contributed by atoms with E-state index in [0.29, 0.717) is 11.5 Å². The second-order valence-electron chi connectivity index (χ2n) is 5.15. The van der Waals surface area contributed by atoms with Crippen molar-refractivity contribution in [2.45, 2.75) is 44.8 Å². The average Bonchev–Trinajstić information content (AvgIpc) is 2.47. The smallest absolute Gasteiger partial charge is 0.274 e. The molecule has 20 heavy (non-hydrogen) atoms. The topological polar surface area (TPSA) is 78.4 Å². The summed E-state index contributed by atoms with van der Waals surface area (Å²) in [5.74, 6) is 0.468. The summed E-state index contributed by atoms with van der Waals surface area (Å²) in [5, 5.41) is 13.0. The van der Waals surface area contributed by atoms with Gasteiger partial charge in [-0.2, -0.15) is 0 Å². The number of anilines is 1. The van der Waals surface area contributed by atoms with E-state index in [2.05, 4.69) is 15.3 Å². The summed E-state index contributed by atoms with van der Waals surface area (Å²) in [6.45, 7) is 2.73. The molecular weight excluding hydrogens is 256 g/mol. The van der Waals surface area contributed by atoms with Crippen molar-refractivity contribution < 1.29 is 9.90 Å². The maximum absolute atomic E-state index is 12.4. The Labute approximate surface area is 119 Å². The number of amides is 1. The van der Waals surface area contributed by atoms with Gasteiger partial charge in [-0.15, -0.1) is 0 Å². The molecule has 1 aromatic rings. The molecule has 1 aliphatic rings. The molecule has 0 spiro atoms. The molecule has 1 aromatic heterocycles. The van der Waals surface area contributed by atoms with E-state index in [-0.39, 0.29) is 11.9 Å². The summed E-state index contributed by atoms with van der Waals surface area (Å²) in [7, 11) is 1.72. The standard InChI is InChI=1S/C14H22N4O2/c1-3-15-13-9-16-10(8-17-13)14(20)18(2)11-6-4-5-7-12(11)19/h8-9,11-12,19H,3-7H2,1-2H3,(H,15,17). The van der Waals surface area contributed by atoms with Gasteiger partial charge in [-0.25, -0.2) is 9.97 Å². The van der Waals surface area contributed by atoms with Crippen LogP contribution in [0.2, 0.25) is 0 Å². The van der Waals surface area contributed by atoms with Gasteiger partial charge in [0.25, 0.3) is 5.91 Å². The zero-order valence-electron chi connectivity index (χ0n) is 12.0. The zero-order chi connectivity index (χ0) is 14.5. The predicted octanol–water partition coefficient (Wildman–Crippen LogP) is 1.28. The quantitative estimate of drug-likeness (QED) is 0.867. The molecule has 6 heteroatoms. The molecule has 6 nitrogen and oxygen atoms in total. The maximum Gasteiger partial charge on any atom is 0.274 e. The number of aliphatic hydroxyl groups excluding tert-OH is 1. The van der Waals surface area contributed by atoms with Crippen LogP contribution in [0.4, 0.5) is 5.82 Å². The van der Waals surface area contributed by atoms with E-state index in [4.69, 9.17) is 0 Å². The van der Waals surface area contributed by atoms with Crippen LogP contribution in [0.3, 0.4) is 0 Å². The molecule has 1 amide bonds. The molecule has 2 unspecified atom stereocenters. The molecule has 1 saturated carbocycles. The van der Waals surface area contributed by atoms with E-state index in [0.717, 1.165) is 32.2 Å². The van der Waals surface area contributed by atoms with E-state index < -0.39 is 6.10 Å². The lowest BCUT2D eigenvalue weighted by atomic mass is 9.91. The second-order valence-corrected chi connectivity index (χ2v) is 5.15. The first-order valence-electron chi connectivity index (χ1n) is 7.14. The summed E-state index contributed by atoms with van der Waals surface area (Å²) in [6, 6.07) is -0.119. The minimum atomic E-state index is -0.438. The predicted molar refractivity (Wildman–Crippen MR) is 76.6 cm³/mol. The fraction of sp³-hybridized carbons (Fsp3) is 0.643. The molecule has 0 bridgehead atoms. The molecule has 110 valence electrons. The van der Waals surface area contributed by atoms with E-state index in [1.54, 1.807) is 18.1 Å². The summed E-state index contributed by atoms with van der Waals surface area (Å²) in [6.07, 6.45) is 6.26. The number of carbonyl (C=O) groups excluding carboxylic acids is 1. The van der Waals surface area contributed by atoms with Crippen LogP contribution in [-0.2, 0) is 0 Å². The lowest BCUT2D eigenvalue weighted by Gasteiger charge is -2.34. The number of rotatable bonds is 4. The highest BCUT2D eigenvalue weighted by Gasteiger charge is 2.30. The van der Waals surface area contributed by atoms with E-state index in [1.165, 1.54) is 6.20 Å². The van der Waals surface area contributed by atoms with Crippen LogP contribution in [-0.4, -0.2) is 51.6 Å². The third-order valence-electron chi connectivity index (χ3n) is 3.74. The van der Waals surface area contributed by atoms with Crippen molar-refractivity contribution in [2.75, 3.05) is 18.9 Å². The van der Waals surface area contributed by atoms with Crippen molar-refractivity contribution in [3.63, 3.8) is 0 Å². The molecule has 0 radical (unpaired) electrons. The number of aliphatic hydroxyl groups is 1. The van der Waals surface area contributed by atoms with Crippen LogP contribution in [0, 0.1) is 0 Å². The molecule has 2 atom stereocenters. The number of carbonyl (C=O) groups is 1. The fourth-order valence-electron chi connectivity index (χ4n) is 2.59. The number of nitrogens with zero attached hydrogens (tertiary/aromatic N) is 3. The second kappa shape index (κ2) is 6.65. The SMILES string of the molecule is CCNc1cnc(C(=O)N(C)C2CCCCC2O)cn1. The summed E-state index contributed by atoms with van der Waals surface area (Å²) in [4.78, 5) is 22.2.